The molecule has 4 N–H and O–H groups in total. The molecule has 0 aromatic heterocycles. The van der Waals surface area contributed by atoms with E-state index in [0.717, 1.165) is 5.56 Å². The number of rotatable bonds is 4. The molecule has 90 valence electrons. The first-order valence-corrected chi connectivity index (χ1v) is 5.28. The molecular formula is C13H17N3O. The van der Waals surface area contributed by atoms with Gasteiger partial charge in [0.05, 0.1) is 5.54 Å². The number of benzene rings is 1. The highest BCUT2D eigenvalue weighted by molar-refractivity contribution is 5.96. The number of amidine groups is 1. The second-order valence-corrected chi connectivity index (χ2v) is 4.31. The van der Waals surface area contributed by atoms with Gasteiger partial charge in [-0.3, -0.25) is 5.32 Å². The van der Waals surface area contributed by atoms with Gasteiger partial charge in [-0.25, -0.2) is 0 Å². The number of oxime groups is 1. The van der Waals surface area contributed by atoms with Gasteiger partial charge in [0.15, 0.2) is 5.84 Å². The van der Waals surface area contributed by atoms with E-state index in [1.165, 1.54) is 0 Å². The molecule has 0 radical (unpaired) electrons. The van der Waals surface area contributed by atoms with Crippen LogP contribution in [0.5, 0.6) is 0 Å². The molecule has 1 rings (SSSR count). The van der Waals surface area contributed by atoms with Gasteiger partial charge < -0.3 is 10.9 Å². The molecule has 0 bridgehead atoms. The van der Waals surface area contributed by atoms with Crippen molar-refractivity contribution in [3.05, 3.63) is 35.4 Å². The lowest BCUT2D eigenvalue weighted by atomic mass is 10.1. The Morgan fingerprint density at radius 2 is 2.06 bits per heavy atom. The van der Waals surface area contributed by atoms with Gasteiger partial charge in [0.25, 0.3) is 0 Å². The normalized spacial score (nSPS) is 12.2. The maximum Gasteiger partial charge on any atom is 0.170 e. The third-order valence-electron chi connectivity index (χ3n) is 2.45. The SMILES string of the molecule is C#CC(C)(C)NCc1ccc(C(N)=NO)cc1. The molecule has 1 aromatic rings. The molecule has 0 spiro atoms. The molecule has 0 aliphatic carbocycles. The second kappa shape index (κ2) is 5.37. The van der Waals surface area contributed by atoms with Gasteiger partial charge in [-0.05, 0) is 19.4 Å². The lowest BCUT2D eigenvalue weighted by Gasteiger charge is -2.19. The van der Waals surface area contributed by atoms with Crippen LogP contribution in [-0.2, 0) is 6.54 Å². The number of nitrogens with zero attached hydrogens (tertiary/aromatic N) is 1. The average molecular weight is 231 g/mol. The molecule has 0 saturated heterocycles. The summed E-state index contributed by atoms with van der Waals surface area (Å²) in [6, 6.07) is 7.42. The molecule has 17 heavy (non-hydrogen) atoms. The van der Waals surface area contributed by atoms with Crippen molar-refractivity contribution in [3.8, 4) is 12.3 Å². The summed E-state index contributed by atoms with van der Waals surface area (Å²) in [6.45, 7) is 4.56. The standard InChI is InChI=1S/C13H17N3O/c1-4-13(2,3)15-9-10-5-7-11(8-6-10)12(14)16-17/h1,5-8,15,17H,9H2,2-3H3,(H2,14,16). The first-order valence-electron chi connectivity index (χ1n) is 5.28. The van der Waals surface area contributed by atoms with Crippen molar-refractivity contribution in [2.24, 2.45) is 10.9 Å². The minimum Gasteiger partial charge on any atom is -0.409 e. The Labute approximate surface area is 102 Å². The summed E-state index contributed by atoms with van der Waals surface area (Å²) in [5, 5.41) is 14.7. The number of nitrogens with one attached hydrogen (secondary N) is 1. The highest BCUT2D eigenvalue weighted by Gasteiger charge is 2.11. The summed E-state index contributed by atoms with van der Waals surface area (Å²) < 4.78 is 0. The van der Waals surface area contributed by atoms with Crippen LogP contribution in [0.15, 0.2) is 29.4 Å². The number of hydrogen-bond donors (Lipinski definition) is 3. The Morgan fingerprint density at radius 1 is 1.47 bits per heavy atom. The Hall–Kier alpha value is -1.99. The third-order valence-corrected chi connectivity index (χ3v) is 2.45. The molecule has 0 atom stereocenters. The summed E-state index contributed by atoms with van der Waals surface area (Å²) in [5.74, 6) is 2.77. The van der Waals surface area contributed by atoms with E-state index in [-0.39, 0.29) is 11.4 Å². The monoisotopic (exact) mass is 231 g/mol. The first-order chi connectivity index (χ1) is 7.98. The quantitative estimate of drug-likeness (QED) is 0.240. The Bertz CT molecular complexity index is 441. The van der Waals surface area contributed by atoms with Crippen LogP contribution < -0.4 is 11.1 Å². The lowest BCUT2D eigenvalue weighted by molar-refractivity contribution is 0.318. The topological polar surface area (TPSA) is 70.6 Å². The Kier molecular flexibility index (Phi) is 4.13. The average Bonchev–Trinajstić information content (AvgIpc) is 2.36. The molecule has 0 aliphatic heterocycles. The fourth-order valence-corrected chi connectivity index (χ4v) is 1.23. The maximum absolute atomic E-state index is 8.53. The van der Waals surface area contributed by atoms with Gasteiger partial charge in [0, 0.05) is 12.1 Å². The molecular weight excluding hydrogens is 214 g/mol. The molecule has 0 fully saturated rings. The van der Waals surface area contributed by atoms with Crippen molar-refractivity contribution < 1.29 is 5.21 Å². The van der Waals surface area contributed by atoms with Gasteiger partial charge in [0.2, 0.25) is 0 Å². The number of nitrogens with two attached hydrogens (primary N) is 1. The zero-order valence-corrected chi connectivity index (χ0v) is 10.1. The van der Waals surface area contributed by atoms with Crippen LogP contribution in [0, 0.1) is 12.3 Å². The van der Waals surface area contributed by atoms with E-state index >= 15 is 0 Å². The fraction of sp³-hybridized carbons (Fsp3) is 0.308. The smallest absolute Gasteiger partial charge is 0.170 e. The van der Waals surface area contributed by atoms with Crippen molar-refractivity contribution >= 4 is 5.84 Å². The fourth-order valence-electron chi connectivity index (χ4n) is 1.23. The van der Waals surface area contributed by atoms with Crippen molar-refractivity contribution in [3.63, 3.8) is 0 Å². The van der Waals surface area contributed by atoms with Crippen LogP contribution in [0.4, 0.5) is 0 Å². The van der Waals surface area contributed by atoms with Crippen molar-refractivity contribution in [2.45, 2.75) is 25.9 Å². The highest BCUT2D eigenvalue weighted by Crippen LogP contribution is 2.06. The highest BCUT2D eigenvalue weighted by atomic mass is 16.4. The van der Waals surface area contributed by atoms with Crippen LogP contribution >= 0.6 is 0 Å². The summed E-state index contributed by atoms with van der Waals surface area (Å²) >= 11 is 0. The maximum atomic E-state index is 8.53. The van der Waals surface area contributed by atoms with Gasteiger partial charge in [0.1, 0.15) is 0 Å². The Morgan fingerprint density at radius 3 is 2.53 bits per heavy atom. The van der Waals surface area contributed by atoms with E-state index in [0.29, 0.717) is 12.1 Å². The predicted molar refractivity (Wildman–Crippen MR) is 68.7 cm³/mol. The zero-order valence-electron chi connectivity index (χ0n) is 10.1. The molecule has 0 amide bonds. The minimum atomic E-state index is -0.329. The molecule has 0 heterocycles. The largest absolute Gasteiger partial charge is 0.409 e. The van der Waals surface area contributed by atoms with E-state index in [9.17, 15) is 0 Å². The van der Waals surface area contributed by atoms with E-state index in [4.69, 9.17) is 17.4 Å². The van der Waals surface area contributed by atoms with E-state index in [2.05, 4.69) is 16.4 Å². The van der Waals surface area contributed by atoms with Gasteiger partial charge >= 0.3 is 0 Å². The number of hydrogen-bond acceptors (Lipinski definition) is 3. The second-order valence-electron chi connectivity index (χ2n) is 4.31. The number of terminal acetylenes is 1. The van der Waals surface area contributed by atoms with Gasteiger partial charge in [-0.1, -0.05) is 35.3 Å². The van der Waals surface area contributed by atoms with Gasteiger partial charge in [-0.2, -0.15) is 0 Å². The lowest BCUT2D eigenvalue weighted by Crippen LogP contribution is -2.36. The summed E-state index contributed by atoms with van der Waals surface area (Å²) in [5.41, 5.74) is 6.91. The summed E-state index contributed by atoms with van der Waals surface area (Å²) in [6.07, 6.45) is 5.38. The molecule has 4 nitrogen and oxygen atoms in total. The summed E-state index contributed by atoms with van der Waals surface area (Å²) in [7, 11) is 0. The molecule has 0 unspecified atom stereocenters. The molecule has 4 heteroatoms. The zero-order chi connectivity index (χ0) is 12.9. The molecule has 0 aliphatic rings. The van der Waals surface area contributed by atoms with Crippen molar-refractivity contribution in [2.75, 3.05) is 0 Å². The van der Waals surface area contributed by atoms with Crippen LogP contribution in [0.1, 0.15) is 25.0 Å². The van der Waals surface area contributed by atoms with Crippen molar-refractivity contribution in [1.29, 1.82) is 0 Å². The predicted octanol–water partition coefficient (Wildman–Crippen LogP) is 1.28. The third kappa shape index (κ3) is 3.82. The summed E-state index contributed by atoms with van der Waals surface area (Å²) in [4.78, 5) is 0. The molecule has 0 saturated carbocycles. The van der Waals surface area contributed by atoms with Crippen molar-refractivity contribution in [1.82, 2.24) is 5.32 Å². The van der Waals surface area contributed by atoms with Crippen LogP contribution in [0.2, 0.25) is 0 Å². The minimum absolute atomic E-state index is 0.105. The van der Waals surface area contributed by atoms with Crippen LogP contribution in [0.3, 0.4) is 0 Å². The first kappa shape index (κ1) is 13.1. The van der Waals surface area contributed by atoms with E-state index in [1.807, 2.05) is 26.0 Å². The van der Waals surface area contributed by atoms with E-state index in [1.54, 1.807) is 12.1 Å². The molecule has 1 aromatic carbocycles. The van der Waals surface area contributed by atoms with E-state index < -0.39 is 0 Å². The Balaban J connectivity index is 2.67. The van der Waals surface area contributed by atoms with Gasteiger partial charge in [-0.15, -0.1) is 6.42 Å². The van der Waals surface area contributed by atoms with Crippen LogP contribution in [-0.4, -0.2) is 16.6 Å². The van der Waals surface area contributed by atoms with Crippen LogP contribution in [0.25, 0.3) is 0 Å².